The Hall–Kier alpha value is -1.70. The Labute approximate surface area is 162 Å². The molecule has 2 aromatic rings. The van der Waals surface area contributed by atoms with Crippen LogP contribution in [-0.4, -0.2) is 37.8 Å². The van der Waals surface area contributed by atoms with E-state index < -0.39 is 10.0 Å². The van der Waals surface area contributed by atoms with Crippen molar-refractivity contribution in [2.24, 2.45) is 0 Å². The Kier molecular flexibility index (Phi) is 5.50. The van der Waals surface area contributed by atoms with Crippen molar-refractivity contribution >= 4 is 37.5 Å². The largest absolute Gasteiger partial charge is 0.308 e. The molecule has 0 aliphatic carbocycles. The van der Waals surface area contributed by atoms with E-state index in [9.17, 15) is 13.2 Å². The molecule has 1 aliphatic heterocycles. The molecule has 0 fully saturated rings. The predicted octanol–water partition coefficient (Wildman–Crippen LogP) is 3.44. The first-order chi connectivity index (χ1) is 12.3. The van der Waals surface area contributed by atoms with Gasteiger partial charge in [-0.1, -0.05) is 41.1 Å². The van der Waals surface area contributed by atoms with Crippen molar-refractivity contribution in [2.75, 3.05) is 18.0 Å². The summed E-state index contributed by atoms with van der Waals surface area (Å²) in [5.41, 5.74) is 1.95. The third-order valence-electron chi connectivity index (χ3n) is 4.57. The standard InChI is InChI=1S/C19H21BrN2O3S/c1-3-21(26(24,25)17-7-5-4-6-8-17)13-19(23)22-14(2)11-15-12-16(20)9-10-18(15)22/h4-10,12,14H,3,11,13H2,1-2H3/t14-/m0/s1. The summed E-state index contributed by atoms with van der Waals surface area (Å²) < 4.78 is 27.9. The molecule has 7 heteroatoms. The van der Waals surface area contributed by atoms with Gasteiger partial charge in [-0.3, -0.25) is 4.79 Å². The van der Waals surface area contributed by atoms with Gasteiger partial charge in [0.05, 0.1) is 11.4 Å². The van der Waals surface area contributed by atoms with Crippen molar-refractivity contribution in [2.45, 2.75) is 31.2 Å². The lowest BCUT2D eigenvalue weighted by atomic mass is 10.1. The van der Waals surface area contributed by atoms with E-state index in [0.29, 0.717) is 0 Å². The number of rotatable bonds is 5. The highest BCUT2D eigenvalue weighted by Crippen LogP contribution is 2.34. The number of hydrogen-bond acceptors (Lipinski definition) is 3. The van der Waals surface area contributed by atoms with E-state index in [1.165, 1.54) is 4.31 Å². The molecule has 1 aliphatic rings. The molecular weight excluding hydrogens is 416 g/mol. The highest BCUT2D eigenvalue weighted by atomic mass is 79.9. The highest BCUT2D eigenvalue weighted by Gasteiger charge is 2.34. The van der Waals surface area contributed by atoms with E-state index in [1.807, 2.05) is 25.1 Å². The first-order valence-corrected chi connectivity index (χ1v) is 10.7. The quantitative estimate of drug-likeness (QED) is 0.720. The number of carbonyl (C=O) groups excluding carboxylic acids is 1. The minimum absolute atomic E-state index is 0.00457. The number of amides is 1. The molecule has 3 rings (SSSR count). The molecule has 0 saturated carbocycles. The number of halogens is 1. The van der Waals surface area contributed by atoms with Crippen molar-refractivity contribution in [3.8, 4) is 0 Å². The molecule has 0 N–H and O–H groups in total. The number of anilines is 1. The predicted molar refractivity (Wildman–Crippen MR) is 106 cm³/mol. The second-order valence-electron chi connectivity index (χ2n) is 6.33. The molecule has 0 bridgehead atoms. The average Bonchev–Trinajstić information content (AvgIpc) is 2.94. The summed E-state index contributed by atoms with van der Waals surface area (Å²) in [6.45, 7) is 3.78. The van der Waals surface area contributed by atoms with Gasteiger partial charge in [-0.25, -0.2) is 8.42 Å². The van der Waals surface area contributed by atoms with Gasteiger partial charge in [-0.05, 0) is 49.2 Å². The Morgan fingerprint density at radius 1 is 1.23 bits per heavy atom. The van der Waals surface area contributed by atoms with Crippen molar-refractivity contribution in [3.05, 3.63) is 58.6 Å². The molecule has 138 valence electrons. The van der Waals surface area contributed by atoms with Crippen molar-refractivity contribution in [3.63, 3.8) is 0 Å². The van der Waals surface area contributed by atoms with Gasteiger partial charge in [0.1, 0.15) is 0 Å². The van der Waals surface area contributed by atoms with Crippen molar-refractivity contribution in [1.29, 1.82) is 0 Å². The van der Waals surface area contributed by atoms with Crippen LogP contribution in [0.3, 0.4) is 0 Å². The number of hydrogen-bond donors (Lipinski definition) is 0. The fraction of sp³-hybridized carbons (Fsp3) is 0.316. The van der Waals surface area contributed by atoms with Crippen LogP contribution in [0.25, 0.3) is 0 Å². The fourth-order valence-electron chi connectivity index (χ4n) is 3.32. The molecule has 0 unspecified atom stereocenters. The van der Waals surface area contributed by atoms with Gasteiger partial charge in [0.25, 0.3) is 0 Å². The van der Waals surface area contributed by atoms with Crippen LogP contribution in [0.15, 0.2) is 57.9 Å². The van der Waals surface area contributed by atoms with Crippen LogP contribution in [0.2, 0.25) is 0 Å². The van der Waals surface area contributed by atoms with E-state index in [-0.39, 0.29) is 29.9 Å². The summed E-state index contributed by atoms with van der Waals surface area (Å²) in [6.07, 6.45) is 0.762. The lowest BCUT2D eigenvalue weighted by Gasteiger charge is -2.27. The van der Waals surface area contributed by atoms with Gasteiger partial charge < -0.3 is 4.90 Å². The summed E-state index contributed by atoms with van der Waals surface area (Å²) in [5, 5.41) is 0. The van der Waals surface area contributed by atoms with Crippen molar-refractivity contribution < 1.29 is 13.2 Å². The summed E-state index contributed by atoms with van der Waals surface area (Å²) in [6, 6.07) is 14.0. The fourth-order valence-corrected chi connectivity index (χ4v) is 5.14. The van der Waals surface area contributed by atoms with Gasteiger partial charge in [-0.2, -0.15) is 4.31 Å². The van der Waals surface area contributed by atoms with Crippen LogP contribution in [0, 0.1) is 0 Å². The van der Waals surface area contributed by atoms with E-state index >= 15 is 0 Å². The lowest BCUT2D eigenvalue weighted by Crippen LogP contribution is -2.45. The summed E-state index contributed by atoms with van der Waals surface area (Å²) in [7, 11) is -3.70. The Bertz CT molecular complexity index is 916. The third kappa shape index (κ3) is 3.56. The molecule has 1 heterocycles. The van der Waals surface area contributed by atoms with Gasteiger partial charge in [0, 0.05) is 22.7 Å². The van der Waals surface area contributed by atoms with E-state index in [2.05, 4.69) is 15.9 Å². The average molecular weight is 437 g/mol. The summed E-state index contributed by atoms with van der Waals surface area (Å²) in [5.74, 6) is -0.208. The number of fused-ring (bicyclic) bond motifs is 1. The van der Waals surface area contributed by atoms with Crippen LogP contribution < -0.4 is 4.90 Å². The van der Waals surface area contributed by atoms with E-state index in [0.717, 1.165) is 22.1 Å². The summed E-state index contributed by atoms with van der Waals surface area (Å²) >= 11 is 3.45. The van der Waals surface area contributed by atoms with E-state index in [1.54, 1.807) is 42.2 Å². The molecule has 2 aromatic carbocycles. The van der Waals surface area contributed by atoms with Gasteiger partial charge in [0.2, 0.25) is 15.9 Å². The van der Waals surface area contributed by atoms with Crippen LogP contribution in [0.1, 0.15) is 19.4 Å². The maximum atomic E-state index is 13.0. The maximum absolute atomic E-state index is 13.0. The zero-order chi connectivity index (χ0) is 18.9. The Morgan fingerprint density at radius 3 is 2.58 bits per heavy atom. The second kappa shape index (κ2) is 7.50. The SMILES string of the molecule is CCN(CC(=O)N1c2ccc(Br)cc2C[C@@H]1C)S(=O)(=O)c1ccccc1. The van der Waals surface area contributed by atoms with Crippen LogP contribution in [0.5, 0.6) is 0 Å². The second-order valence-corrected chi connectivity index (χ2v) is 9.19. The van der Waals surface area contributed by atoms with Crippen LogP contribution in [0.4, 0.5) is 5.69 Å². The topological polar surface area (TPSA) is 57.7 Å². The van der Waals surface area contributed by atoms with Crippen LogP contribution >= 0.6 is 15.9 Å². The third-order valence-corrected chi connectivity index (χ3v) is 7.00. The number of benzene rings is 2. The number of likely N-dealkylation sites (N-methyl/N-ethyl adjacent to an activating group) is 1. The lowest BCUT2D eigenvalue weighted by molar-refractivity contribution is -0.119. The molecule has 1 atom stereocenters. The number of carbonyl (C=O) groups is 1. The molecule has 26 heavy (non-hydrogen) atoms. The smallest absolute Gasteiger partial charge is 0.243 e. The van der Waals surface area contributed by atoms with E-state index in [4.69, 9.17) is 0 Å². The maximum Gasteiger partial charge on any atom is 0.243 e. The molecule has 0 saturated heterocycles. The zero-order valence-electron chi connectivity index (χ0n) is 14.7. The minimum atomic E-state index is -3.70. The van der Waals surface area contributed by atoms with Crippen molar-refractivity contribution in [1.82, 2.24) is 4.31 Å². The Balaban J connectivity index is 1.85. The van der Waals surface area contributed by atoms with Gasteiger partial charge in [-0.15, -0.1) is 0 Å². The molecule has 0 aromatic heterocycles. The number of sulfonamides is 1. The molecule has 0 radical (unpaired) electrons. The zero-order valence-corrected chi connectivity index (χ0v) is 17.1. The van der Waals surface area contributed by atoms with Gasteiger partial charge >= 0.3 is 0 Å². The minimum Gasteiger partial charge on any atom is -0.308 e. The number of nitrogens with zero attached hydrogens (tertiary/aromatic N) is 2. The van der Waals surface area contributed by atoms with Gasteiger partial charge in [0.15, 0.2) is 0 Å². The molecule has 0 spiro atoms. The first-order valence-electron chi connectivity index (χ1n) is 8.50. The molecule has 1 amide bonds. The highest BCUT2D eigenvalue weighted by molar-refractivity contribution is 9.10. The Morgan fingerprint density at radius 2 is 1.92 bits per heavy atom. The molecule has 5 nitrogen and oxygen atoms in total. The summed E-state index contributed by atoms with van der Waals surface area (Å²) in [4.78, 5) is 14.9. The monoisotopic (exact) mass is 436 g/mol. The van der Waals surface area contributed by atoms with Crippen LogP contribution in [-0.2, 0) is 21.2 Å². The first kappa shape index (κ1) is 19.1. The molecular formula is C19H21BrN2O3S. The normalized spacial score (nSPS) is 16.8.